The van der Waals surface area contributed by atoms with Gasteiger partial charge in [-0.05, 0) is 44.8 Å². The summed E-state index contributed by atoms with van der Waals surface area (Å²) < 4.78 is 0. The van der Waals surface area contributed by atoms with E-state index in [1.165, 1.54) is 12.8 Å². The van der Waals surface area contributed by atoms with Gasteiger partial charge in [-0.15, -0.1) is 0 Å². The number of para-hydroxylation sites is 1. The van der Waals surface area contributed by atoms with E-state index in [0.29, 0.717) is 11.6 Å². The third-order valence-electron chi connectivity index (χ3n) is 4.22. The molecule has 112 valence electrons. The maximum atomic E-state index is 12.7. The Hall–Kier alpha value is -1.88. The number of nitrogens with zero attached hydrogens (tertiary/aromatic N) is 2. The summed E-state index contributed by atoms with van der Waals surface area (Å²) in [5, 5.41) is 11.5. The van der Waals surface area contributed by atoms with E-state index in [9.17, 15) is 4.79 Å². The molecule has 1 atom stereocenters. The standard InChI is InChI=1S/C16H22N4O/c1-2-20(11-12-6-5-9-17-10-12)16(21)15-13-7-3-4-8-14(13)18-19-15/h3-4,7-8,12,17H,2,5-6,9-11H2,1H3,(H,18,19). The summed E-state index contributed by atoms with van der Waals surface area (Å²) in [6.07, 6.45) is 2.39. The molecule has 3 rings (SSSR count). The number of aromatic amines is 1. The Morgan fingerprint density at radius 3 is 3.05 bits per heavy atom. The Labute approximate surface area is 124 Å². The average molecular weight is 286 g/mol. The number of rotatable bonds is 4. The lowest BCUT2D eigenvalue weighted by Gasteiger charge is -2.29. The van der Waals surface area contributed by atoms with E-state index >= 15 is 0 Å². The molecule has 5 heteroatoms. The van der Waals surface area contributed by atoms with E-state index < -0.39 is 0 Å². The second-order valence-electron chi connectivity index (χ2n) is 5.67. The molecular weight excluding hydrogens is 264 g/mol. The first-order valence-electron chi connectivity index (χ1n) is 7.72. The molecule has 5 nitrogen and oxygen atoms in total. The van der Waals surface area contributed by atoms with Crippen LogP contribution >= 0.6 is 0 Å². The van der Waals surface area contributed by atoms with Crippen molar-refractivity contribution in [3.63, 3.8) is 0 Å². The Bertz CT molecular complexity index is 616. The van der Waals surface area contributed by atoms with Crippen LogP contribution in [0.5, 0.6) is 0 Å². The third kappa shape index (κ3) is 2.93. The minimum absolute atomic E-state index is 0.0283. The van der Waals surface area contributed by atoms with Gasteiger partial charge >= 0.3 is 0 Å². The highest BCUT2D eigenvalue weighted by Crippen LogP contribution is 2.18. The van der Waals surface area contributed by atoms with E-state index in [4.69, 9.17) is 0 Å². The summed E-state index contributed by atoms with van der Waals surface area (Å²) in [6.45, 7) is 5.66. The van der Waals surface area contributed by atoms with Gasteiger partial charge in [0, 0.05) is 18.5 Å². The van der Waals surface area contributed by atoms with Gasteiger partial charge in [0.1, 0.15) is 0 Å². The zero-order valence-electron chi connectivity index (χ0n) is 12.4. The summed E-state index contributed by atoms with van der Waals surface area (Å²) in [4.78, 5) is 14.7. The van der Waals surface area contributed by atoms with Crippen molar-refractivity contribution >= 4 is 16.8 Å². The molecule has 1 aromatic carbocycles. The van der Waals surface area contributed by atoms with Gasteiger partial charge in [-0.25, -0.2) is 0 Å². The first-order chi connectivity index (χ1) is 10.3. The molecule has 0 bridgehead atoms. The lowest BCUT2D eigenvalue weighted by Crippen LogP contribution is -2.41. The number of H-pyrrole nitrogens is 1. The number of piperidine rings is 1. The fourth-order valence-corrected chi connectivity index (χ4v) is 3.02. The third-order valence-corrected chi connectivity index (χ3v) is 4.22. The Morgan fingerprint density at radius 2 is 2.29 bits per heavy atom. The zero-order chi connectivity index (χ0) is 14.7. The van der Waals surface area contributed by atoms with Crippen LogP contribution < -0.4 is 5.32 Å². The molecule has 2 N–H and O–H groups in total. The fourth-order valence-electron chi connectivity index (χ4n) is 3.02. The van der Waals surface area contributed by atoms with Crippen LogP contribution in [0.15, 0.2) is 24.3 Å². The Balaban J connectivity index is 1.78. The van der Waals surface area contributed by atoms with Crippen molar-refractivity contribution in [1.29, 1.82) is 0 Å². The molecule has 2 heterocycles. The highest BCUT2D eigenvalue weighted by molar-refractivity contribution is 6.04. The van der Waals surface area contributed by atoms with E-state index in [2.05, 4.69) is 15.5 Å². The number of carbonyl (C=O) groups is 1. The maximum Gasteiger partial charge on any atom is 0.274 e. The van der Waals surface area contributed by atoms with Crippen LogP contribution in [-0.4, -0.2) is 47.2 Å². The van der Waals surface area contributed by atoms with Crippen LogP contribution in [0.3, 0.4) is 0 Å². The molecule has 2 aromatic rings. The van der Waals surface area contributed by atoms with Gasteiger partial charge in [0.05, 0.1) is 5.52 Å². The predicted octanol–water partition coefficient (Wildman–Crippen LogP) is 2.02. The Kier molecular flexibility index (Phi) is 4.20. The van der Waals surface area contributed by atoms with Crippen molar-refractivity contribution < 1.29 is 4.79 Å². The van der Waals surface area contributed by atoms with E-state index in [1.54, 1.807) is 0 Å². The van der Waals surface area contributed by atoms with Gasteiger partial charge in [0.2, 0.25) is 0 Å². The number of amides is 1. The van der Waals surface area contributed by atoms with E-state index in [1.807, 2.05) is 36.1 Å². The molecule has 1 aliphatic rings. The monoisotopic (exact) mass is 286 g/mol. The smallest absolute Gasteiger partial charge is 0.274 e. The fraction of sp³-hybridized carbons (Fsp3) is 0.500. The van der Waals surface area contributed by atoms with E-state index in [-0.39, 0.29) is 5.91 Å². The van der Waals surface area contributed by atoms with Crippen molar-refractivity contribution in [2.75, 3.05) is 26.2 Å². The molecule has 0 saturated carbocycles. The lowest BCUT2D eigenvalue weighted by atomic mass is 9.99. The van der Waals surface area contributed by atoms with Crippen LogP contribution in [0, 0.1) is 5.92 Å². The Morgan fingerprint density at radius 1 is 1.43 bits per heavy atom. The molecule has 0 spiro atoms. The highest BCUT2D eigenvalue weighted by Gasteiger charge is 2.23. The molecule has 1 aliphatic heterocycles. The highest BCUT2D eigenvalue weighted by atomic mass is 16.2. The molecule has 0 aliphatic carbocycles. The largest absolute Gasteiger partial charge is 0.337 e. The molecule has 1 saturated heterocycles. The second-order valence-corrected chi connectivity index (χ2v) is 5.67. The lowest BCUT2D eigenvalue weighted by molar-refractivity contribution is 0.0725. The molecule has 1 aromatic heterocycles. The topological polar surface area (TPSA) is 61.0 Å². The maximum absolute atomic E-state index is 12.7. The van der Waals surface area contributed by atoms with Gasteiger partial charge in [0.25, 0.3) is 5.91 Å². The first-order valence-corrected chi connectivity index (χ1v) is 7.72. The van der Waals surface area contributed by atoms with Crippen LogP contribution in [0.1, 0.15) is 30.3 Å². The van der Waals surface area contributed by atoms with Crippen molar-refractivity contribution in [3.05, 3.63) is 30.0 Å². The van der Waals surface area contributed by atoms with E-state index in [0.717, 1.165) is 37.1 Å². The van der Waals surface area contributed by atoms with Crippen molar-refractivity contribution in [2.24, 2.45) is 5.92 Å². The molecule has 0 radical (unpaired) electrons. The summed E-state index contributed by atoms with van der Waals surface area (Å²) in [5.41, 5.74) is 1.45. The number of nitrogens with one attached hydrogen (secondary N) is 2. The molecule has 21 heavy (non-hydrogen) atoms. The number of aromatic nitrogens is 2. The minimum Gasteiger partial charge on any atom is -0.337 e. The minimum atomic E-state index is 0.0283. The van der Waals surface area contributed by atoms with Gasteiger partial charge in [-0.1, -0.05) is 18.2 Å². The quantitative estimate of drug-likeness (QED) is 0.904. The number of fused-ring (bicyclic) bond motifs is 1. The number of hydrogen-bond donors (Lipinski definition) is 2. The van der Waals surface area contributed by atoms with Gasteiger partial charge in [-0.3, -0.25) is 9.89 Å². The summed E-state index contributed by atoms with van der Waals surface area (Å²) in [6, 6.07) is 7.78. The van der Waals surface area contributed by atoms with Crippen molar-refractivity contribution in [3.8, 4) is 0 Å². The van der Waals surface area contributed by atoms with Gasteiger partial charge in [0.15, 0.2) is 5.69 Å². The van der Waals surface area contributed by atoms with Gasteiger partial charge < -0.3 is 10.2 Å². The predicted molar refractivity (Wildman–Crippen MR) is 83.3 cm³/mol. The van der Waals surface area contributed by atoms with Crippen LogP contribution in [-0.2, 0) is 0 Å². The number of hydrogen-bond acceptors (Lipinski definition) is 3. The number of benzene rings is 1. The normalized spacial score (nSPS) is 18.8. The van der Waals surface area contributed by atoms with Gasteiger partial charge in [-0.2, -0.15) is 5.10 Å². The van der Waals surface area contributed by atoms with Crippen LogP contribution in [0.25, 0.3) is 10.9 Å². The van der Waals surface area contributed by atoms with Crippen molar-refractivity contribution in [2.45, 2.75) is 19.8 Å². The zero-order valence-corrected chi connectivity index (χ0v) is 12.4. The summed E-state index contributed by atoms with van der Waals surface area (Å²) in [7, 11) is 0. The summed E-state index contributed by atoms with van der Waals surface area (Å²) >= 11 is 0. The molecule has 1 amide bonds. The van der Waals surface area contributed by atoms with Crippen molar-refractivity contribution in [1.82, 2.24) is 20.4 Å². The molecule has 1 unspecified atom stereocenters. The molecular formula is C16H22N4O. The SMILES string of the molecule is CCN(CC1CCCNC1)C(=O)c1n[nH]c2ccccc12. The van der Waals surface area contributed by atoms with Crippen LogP contribution in [0.4, 0.5) is 0 Å². The first kappa shape index (κ1) is 14.1. The summed E-state index contributed by atoms with van der Waals surface area (Å²) in [5.74, 6) is 0.577. The van der Waals surface area contributed by atoms with Crippen LogP contribution in [0.2, 0.25) is 0 Å². The second kappa shape index (κ2) is 6.26. The number of carbonyl (C=O) groups excluding carboxylic acids is 1. The molecule has 1 fully saturated rings. The average Bonchev–Trinajstić information content (AvgIpc) is 2.97.